The normalized spacial score (nSPS) is 10.3. The molecule has 1 aromatic heterocycles. The first-order valence-electron chi connectivity index (χ1n) is 5.19. The van der Waals surface area contributed by atoms with E-state index in [4.69, 9.17) is 15.3 Å². The molecule has 0 spiro atoms. The van der Waals surface area contributed by atoms with Gasteiger partial charge in [-0.15, -0.1) is 0 Å². The molecule has 94 valence electrons. The lowest BCUT2D eigenvalue weighted by Crippen LogP contribution is -2.11. The van der Waals surface area contributed by atoms with Crippen LogP contribution in [0.4, 0.5) is 10.1 Å². The maximum absolute atomic E-state index is 13.0. The van der Waals surface area contributed by atoms with E-state index >= 15 is 0 Å². The number of hydrogen-bond donors (Lipinski definition) is 3. The number of carbonyl (C=O) groups is 1. The maximum Gasteiger partial charge on any atom is 0.291 e. The molecule has 0 atom stereocenters. The number of nitrogens with one attached hydrogen (secondary N) is 1. The predicted octanol–water partition coefficient (Wildman–Crippen LogP) is 1.84. The second-order valence-electron chi connectivity index (χ2n) is 3.59. The van der Waals surface area contributed by atoms with Crippen molar-refractivity contribution < 1.29 is 18.7 Å². The second kappa shape index (κ2) is 4.89. The van der Waals surface area contributed by atoms with Gasteiger partial charge in [0.2, 0.25) is 0 Å². The molecule has 2 rings (SSSR count). The zero-order chi connectivity index (χ0) is 13.1. The number of amides is 1. The standard InChI is InChI=1S/C12H11FN2O3/c13-9-5-7(1-3-10(9)16)15-12(17)11-4-2-8(6-14)18-11/h1-5,16H,6,14H2,(H,15,17). The Labute approximate surface area is 102 Å². The number of halogens is 1. The summed E-state index contributed by atoms with van der Waals surface area (Å²) in [6.45, 7) is 0.196. The highest BCUT2D eigenvalue weighted by Gasteiger charge is 2.12. The molecule has 0 aliphatic heterocycles. The van der Waals surface area contributed by atoms with E-state index in [0.717, 1.165) is 12.1 Å². The third-order valence-electron chi connectivity index (χ3n) is 2.29. The van der Waals surface area contributed by atoms with Gasteiger partial charge < -0.3 is 20.6 Å². The van der Waals surface area contributed by atoms with Gasteiger partial charge in [0.1, 0.15) is 5.76 Å². The van der Waals surface area contributed by atoms with E-state index in [0.29, 0.717) is 5.76 Å². The fourth-order valence-electron chi connectivity index (χ4n) is 1.39. The number of furan rings is 1. The molecule has 1 aromatic carbocycles. The topological polar surface area (TPSA) is 88.5 Å². The van der Waals surface area contributed by atoms with Gasteiger partial charge in [-0.2, -0.15) is 0 Å². The third kappa shape index (κ3) is 2.49. The molecular weight excluding hydrogens is 239 g/mol. The largest absolute Gasteiger partial charge is 0.505 e. The van der Waals surface area contributed by atoms with Gasteiger partial charge in [-0.25, -0.2) is 4.39 Å². The van der Waals surface area contributed by atoms with Gasteiger partial charge in [0.25, 0.3) is 5.91 Å². The van der Waals surface area contributed by atoms with Crippen LogP contribution in [0.15, 0.2) is 34.7 Å². The van der Waals surface area contributed by atoms with E-state index in [1.54, 1.807) is 6.07 Å². The molecule has 0 saturated carbocycles. The van der Waals surface area contributed by atoms with Crippen molar-refractivity contribution in [2.45, 2.75) is 6.54 Å². The number of aromatic hydroxyl groups is 1. The molecule has 6 heteroatoms. The average molecular weight is 250 g/mol. The molecule has 0 radical (unpaired) electrons. The van der Waals surface area contributed by atoms with Crippen LogP contribution in [0, 0.1) is 5.82 Å². The van der Waals surface area contributed by atoms with Gasteiger partial charge in [0, 0.05) is 11.8 Å². The van der Waals surface area contributed by atoms with Crippen molar-refractivity contribution in [3.63, 3.8) is 0 Å². The Bertz CT molecular complexity index is 580. The van der Waals surface area contributed by atoms with Crippen LogP contribution in [0.3, 0.4) is 0 Å². The highest BCUT2D eigenvalue weighted by atomic mass is 19.1. The van der Waals surface area contributed by atoms with Crippen molar-refractivity contribution >= 4 is 11.6 Å². The monoisotopic (exact) mass is 250 g/mol. The van der Waals surface area contributed by atoms with Crippen molar-refractivity contribution in [2.75, 3.05) is 5.32 Å². The van der Waals surface area contributed by atoms with Crippen molar-refractivity contribution in [3.8, 4) is 5.75 Å². The number of rotatable bonds is 3. The Morgan fingerprint density at radius 3 is 2.78 bits per heavy atom. The molecule has 0 fully saturated rings. The van der Waals surface area contributed by atoms with Gasteiger partial charge in [-0.05, 0) is 24.3 Å². The number of carbonyl (C=O) groups excluding carboxylic acids is 1. The Hall–Kier alpha value is -2.34. The number of benzene rings is 1. The van der Waals surface area contributed by atoms with Crippen molar-refractivity contribution in [2.24, 2.45) is 5.73 Å². The molecule has 0 bridgehead atoms. The van der Waals surface area contributed by atoms with Crippen LogP contribution >= 0.6 is 0 Å². The van der Waals surface area contributed by atoms with Crippen molar-refractivity contribution in [3.05, 3.63) is 47.7 Å². The molecule has 18 heavy (non-hydrogen) atoms. The molecule has 0 unspecified atom stereocenters. The highest BCUT2D eigenvalue weighted by molar-refractivity contribution is 6.02. The van der Waals surface area contributed by atoms with Crippen LogP contribution in [0.5, 0.6) is 5.75 Å². The van der Waals surface area contributed by atoms with Crippen molar-refractivity contribution in [1.82, 2.24) is 0 Å². The van der Waals surface area contributed by atoms with E-state index in [2.05, 4.69) is 5.32 Å². The van der Waals surface area contributed by atoms with E-state index in [9.17, 15) is 9.18 Å². The first kappa shape index (κ1) is 12.1. The molecule has 2 aromatic rings. The summed E-state index contributed by atoms with van der Waals surface area (Å²) >= 11 is 0. The van der Waals surface area contributed by atoms with E-state index in [-0.39, 0.29) is 18.0 Å². The lowest BCUT2D eigenvalue weighted by molar-refractivity contribution is 0.0995. The number of phenols is 1. The van der Waals surface area contributed by atoms with E-state index in [1.165, 1.54) is 12.1 Å². The zero-order valence-corrected chi connectivity index (χ0v) is 9.31. The van der Waals surface area contributed by atoms with Crippen LogP contribution in [-0.4, -0.2) is 11.0 Å². The summed E-state index contributed by atoms with van der Waals surface area (Å²) in [4.78, 5) is 11.7. The predicted molar refractivity (Wildman–Crippen MR) is 62.6 cm³/mol. The minimum Gasteiger partial charge on any atom is -0.505 e. The number of phenolic OH excluding ortho intramolecular Hbond substituents is 1. The minimum atomic E-state index is -0.810. The molecule has 5 nitrogen and oxygen atoms in total. The first-order chi connectivity index (χ1) is 8.60. The second-order valence-corrected chi connectivity index (χ2v) is 3.59. The zero-order valence-electron chi connectivity index (χ0n) is 9.31. The summed E-state index contributed by atoms with van der Waals surface area (Å²) in [5, 5.41) is 11.4. The SMILES string of the molecule is NCc1ccc(C(=O)Nc2ccc(O)c(F)c2)o1. The quantitative estimate of drug-likeness (QED) is 0.725. The highest BCUT2D eigenvalue weighted by Crippen LogP contribution is 2.20. The molecule has 0 aliphatic carbocycles. The Morgan fingerprint density at radius 2 is 2.17 bits per heavy atom. The van der Waals surface area contributed by atoms with Crippen LogP contribution in [0.2, 0.25) is 0 Å². The van der Waals surface area contributed by atoms with Gasteiger partial charge in [-0.1, -0.05) is 0 Å². The lowest BCUT2D eigenvalue weighted by Gasteiger charge is -2.03. The molecule has 1 heterocycles. The Kier molecular flexibility index (Phi) is 3.29. The third-order valence-corrected chi connectivity index (χ3v) is 2.29. The smallest absolute Gasteiger partial charge is 0.291 e. The average Bonchev–Trinajstić information content (AvgIpc) is 2.82. The minimum absolute atomic E-state index is 0.0870. The number of anilines is 1. The van der Waals surface area contributed by atoms with Crippen LogP contribution in [0.25, 0.3) is 0 Å². The summed E-state index contributed by atoms with van der Waals surface area (Å²) in [5.74, 6) is -1.23. The van der Waals surface area contributed by atoms with Gasteiger partial charge in [0.05, 0.1) is 6.54 Å². The van der Waals surface area contributed by atoms with Gasteiger partial charge in [-0.3, -0.25) is 4.79 Å². The summed E-state index contributed by atoms with van der Waals surface area (Å²) in [5.41, 5.74) is 5.57. The number of nitrogens with two attached hydrogens (primary N) is 1. The van der Waals surface area contributed by atoms with Crippen molar-refractivity contribution in [1.29, 1.82) is 0 Å². The molecule has 0 aliphatic rings. The van der Waals surface area contributed by atoms with E-state index < -0.39 is 17.5 Å². The summed E-state index contributed by atoms with van der Waals surface area (Å²) in [6, 6.07) is 6.61. The number of hydrogen-bond acceptors (Lipinski definition) is 4. The van der Waals surface area contributed by atoms with Crippen LogP contribution in [0.1, 0.15) is 16.3 Å². The van der Waals surface area contributed by atoms with Crippen LogP contribution < -0.4 is 11.1 Å². The molecule has 0 saturated heterocycles. The van der Waals surface area contributed by atoms with Gasteiger partial charge in [0.15, 0.2) is 17.3 Å². The van der Waals surface area contributed by atoms with Crippen LogP contribution in [-0.2, 0) is 6.54 Å². The maximum atomic E-state index is 13.0. The first-order valence-corrected chi connectivity index (χ1v) is 5.19. The lowest BCUT2D eigenvalue weighted by atomic mass is 10.3. The Morgan fingerprint density at radius 1 is 1.39 bits per heavy atom. The molecule has 4 N–H and O–H groups in total. The van der Waals surface area contributed by atoms with E-state index in [1.807, 2.05) is 0 Å². The Balaban J connectivity index is 2.13. The summed E-state index contributed by atoms with van der Waals surface area (Å²) < 4.78 is 18.2. The van der Waals surface area contributed by atoms with Gasteiger partial charge >= 0.3 is 0 Å². The fraction of sp³-hybridized carbons (Fsp3) is 0.0833. The summed E-state index contributed by atoms with van der Waals surface area (Å²) in [7, 11) is 0. The molecular formula is C12H11FN2O3. The summed E-state index contributed by atoms with van der Waals surface area (Å²) in [6.07, 6.45) is 0. The fourth-order valence-corrected chi connectivity index (χ4v) is 1.39. The molecule has 1 amide bonds.